The highest BCUT2D eigenvalue weighted by atomic mass is 16.5. The molecule has 0 saturated heterocycles. The largest absolute Gasteiger partial charge is 0.468 e. The number of carbonyl (C=O) groups is 1. The molecule has 0 heterocycles. The zero-order valence-electron chi connectivity index (χ0n) is 8.03. The lowest BCUT2D eigenvalue weighted by Crippen LogP contribution is -2.42. The van der Waals surface area contributed by atoms with Gasteiger partial charge in [-0.25, -0.2) is 0 Å². The smallest absolute Gasteiger partial charge is 0.322 e. The molecule has 0 aromatic heterocycles. The summed E-state index contributed by atoms with van der Waals surface area (Å²) in [5.74, 6) is -0.0484. The topological polar surface area (TPSA) is 78.3 Å². The van der Waals surface area contributed by atoms with E-state index < -0.39 is 6.04 Å². The molecule has 0 radical (unpaired) electrons. The van der Waals surface area contributed by atoms with Gasteiger partial charge in [-0.05, 0) is 31.6 Å². The van der Waals surface area contributed by atoms with Crippen LogP contribution in [-0.4, -0.2) is 25.2 Å². The summed E-state index contributed by atoms with van der Waals surface area (Å²) in [5.41, 5.74) is 11.5. The summed E-state index contributed by atoms with van der Waals surface area (Å²) in [6.45, 7) is 0. The molecule has 4 N–H and O–H groups in total. The number of ether oxygens (including phenoxy) is 1. The van der Waals surface area contributed by atoms with Crippen molar-refractivity contribution in [3.63, 3.8) is 0 Å². The molecule has 0 aromatic carbocycles. The maximum absolute atomic E-state index is 11.1. The molecule has 1 aliphatic carbocycles. The third-order valence-corrected chi connectivity index (χ3v) is 2.80. The molecule has 1 rings (SSSR count). The van der Waals surface area contributed by atoms with Crippen LogP contribution in [0.1, 0.15) is 25.7 Å². The third-order valence-electron chi connectivity index (χ3n) is 2.80. The fraction of sp³-hybridized carbons (Fsp3) is 0.889. The molecule has 1 fully saturated rings. The van der Waals surface area contributed by atoms with Crippen molar-refractivity contribution in [2.24, 2.45) is 17.4 Å². The fourth-order valence-electron chi connectivity index (χ4n) is 1.83. The molecule has 1 atom stereocenters. The molecule has 76 valence electrons. The summed E-state index contributed by atoms with van der Waals surface area (Å²) in [5, 5.41) is 0. The molecule has 0 bridgehead atoms. The molecule has 0 aliphatic heterocycles. The van der Waals surface area contributed by atoms with Crippen LogP contribution in [0.25, 0.3) is 0 Å². The van der Waals surface area contributed by atoms with Crippen LogP contribution in [0, 0.1) is 5.92 Å². The molecule has 0 amide bonds. The van der Waals surface area contributed by atoms with Crippen molar-refractivity contribution >= 4 is 5.97 Å². The van der Waals surface area contributed by atoms with Crippen LogP contribution in [0.4, 0.5) is 0 Å². The van der Waals surface area contributed by atoms with Crippen molar-refractivity contribution in [2.45, 2.75) is 37.8 Å². The number of nitrogens with two attached hydrogens (primary N) is 2. The van der Waals surface area contributed by atoms with Crippen molar-refractivity contribution in [1.29, 1.82) is 0 Å². The summed E-state index contributed by atoms with van der Waals surface area (Å²) < 4.78 is 4.60. The number of esters is 1. The predicted octanol–water partition coefficient (Wildman–Crippen LogP) is 0.00420. The first-order valence-corrected chi connectivity index (χ1v) is 4.74. The van der Waals surface area contributed by atoms with Gasteiger partial charge in [0.2, 0.25) is 0 Å². The Labute approximate surface area is 78.6 Å². The Morgan fingerprint density at radius 1 is 1.38 bits per heavy atom. The van der Waals surface area contributed by atoms with Gasteiger partial charge < -0.3 is 16.2 Å². The maximum atomic E-state index is 11.1. The maximum Gasteiger partial charge on any atom is 0.322 e. The monoisotopic (exact) mass is 186 g/mol. The van der Waals surface area contributed by atoms with E-state index in [-0.39, 0.29) is 11.9 Å². The van der Waals surface area contributed by atoms with Crippen molar-refractivity contribution < 1.29 is 9.53 Å². The lowest BCUT2D eigenvalue weighted by molar-refractivity contribution is -0.143. The van der Waals surface area contributed by atoms with E-state index in [2.05, 4.69) is 4.74 Å². The number of rotatable bonds is 2. The van der Waals surface area contributed by atoms with Gasteiger partial charge in [0.05, 0.1) is 7.11 Å². The minimum atomic E-state index is -0.461. The highest BCUT2D eigenvalue weighted by molar-refractivity contribution is 5.75. The van der Waals surface area contributed by atoms with Gasteiger partial charge in [-0.15, -0.1) is 0 Å². The summed E-state index contributed by atoms with van der Waals surface area (Å²) in [6, 6.07) is -0.168. The van der Waals surface area contributed by atoms with Gasteiger partial charge in [0, 0.05) is 6.04 Å². The van der Waals surface area contributed by atoms with Gasteiger partial charge in [0.25, 0.3) is 0 Å². The summed E-state index contributed by atoms with van der Waals surface area (Å²) in [6.07, 6.45) is 3.82. The second-order valence-corrected chi connectivity index (χ2v) is 3.72. The van der Waals surface area contributed by atoms with Crippen LogP contribution in [0.2, 0.25) is 0 Å². The molecule has 1 saturated carbocycles. The highest BCUT2D eigenvalue weighted by Gasteiger charge is 2.28. The summed E-state index contributed by atoms with van der Waals surface area (Å²) in [4.78, 5) is 11.1. The van der Waals surface area contributed by atoms with Crippen LogP contribution in [0.5, 0.6) is 0 Å². The molecular weight excluding hydrogens is 168 g/mol. The normalized spacial score (nSPS) is 31.0. The first-order chi connectivity index (χ1) is 6.15. The van der Waals surface area contributed by atoms with Crippen LogP contribution in [0.3, 0.4) is 0 Å². The first-order valence-electron chi connectivity index (χ1n) is 4.74. The second-order valence-electron chi connectivity index (χ2n) is 3.72. The van der Waals surface area contributed by atoms with Gasteiger partial charge in [0.15, 0.2) is 0 Å². The Hall–Kier alpha value is -0.610. The average molecular weight is 186 g/mol. The summed E-state index contributed by atoms with van der Waals surface area (Å²) in [7, 11) is 1.37. The number of carbonyl (C=O) groups excluding carboxylic acids is 1. The number of hydrogen-bond donors (Lipinski definition) is 2. The lowest BCUT2D eigenvalue weighted by Gasteiger charge is -2.28. The molecule has 4 nitrogen and oxygen atoms in total. The van der Waals surface area contributed by atoms with E-state index in [1.54, 1.807) is 0 Å². The molecule has 1 unspecified atom stereocenters. The lowest BCUT2D eigenvalue weighted by atomic mass is 9.82. The molecule has 0 spiro atoms. The molecule has 0 aromatic rings. The average Bonchev–Trinajstić information content (AvgIpc) is 2.17. The Morgan fingerprint density at radius 2 is 1.92 bits per heavy atom. The van der Waals surface area contributed by atoms with Crippen LogP contribution < -0.4 is 11.5 Å². The fourth-order valence-corrected chi connectivity index (χ4v) is 1.83. The van der Waals surface area contributed by atoms with E-state index in [9.17, 15) is 4.79 Å². The van der Waals surface area contributed by atoms with Gasteiger partial charge >= 0.3 is 5.97 Å². The highest BCUT2D eigenvalue weighted by Crippen LogP contribution is 2.25. The molecular formula is C9H18N2O2. The molecule has 4 heteroatoms. The molecule has 13 heavy (non-hydrogen) atoms. The van der Waals surface area contributed by atoms with Crippen molar-refractivity contribution in [1.82, 2.24) is 0 Å². The predicted molar refractivity (Wildman–Crippen MR) is 49.9 cm³/mol. The number of hydrogen-bond acceptors (Lipinski definition) is 4. The third kappa shape index (κ3) is 2.67. The number of methoxy groups -OCH3 is 1. The van der Waals surface area contributed by atoms with Gasteiger partial charge in [-0.3, -0.25) is 4.79 Å². The summed E-state index contributed by atoms with van der Waals surface area (Å²) >= 11 is 0. The van der Waals surface area contributed by atoms with Gasteiger partial charge in [0.1, 0.15) is 6.04 Å². The van der Waals surface area contributed by atoms with Gasteiger partial charge in [-0.1, -0.05) is 0 Å². The standard InChI is InChI=1S/C9H18N2O2/c1-13-9(12)8(11)6-2-4-7(10)5-3-6/h6-8H,2-5,10-11H2,1H3. The zero-order chi connectivity index (χ0) is 9.84. The van der Waals surface area contributed by atoms with E-state index in [1.807, 2.05) is 0 Å². The Balaban J connectivity index is 2.39. The van der Waals surface area contributed by atoms with Gasteiger partial charge in [-0.2, -0.15) is 0 Å². The van der Waals surface area contributed by atoms with E-state index in [0.717, 1.165) is 25.7 Å². The van der Waals surface area contributed by atoms with E-state index >= 15 is 0 Å². The quantitative estimate of drug-likeness (QED) is 0.595. The minimum Gasteiger partial charge on any atom is -0.468 e. The Kier molecular flexibility index (Phi) is 3.69. The van der Waals surface area contributed by atoms with E-state index in [1.165, 1.54) is 7.11 Å². The molecule has 1 aliphatic rings. The first kappa shape index (κ1) is 10.5. The van der Waals surface area contributed by atoms with Crippen LogP contribution in [-0.2, 0) is 9.53 Å². The second kappa shape index (κ2) is 4.58. The SMILES string of the molecule is COC(=O)C(N)C1CCC(N)CC1. The van der Waals surface area contributed by atoms with E-state index in [0.29, 0.717) is 6.04 Å². The van der Waals surface area contributed by atoms with Crippen molar-refractivity contribution in [3.05, 3.63) is 0 Å². The van der Waals surface area contributed by atoms with Crippen molar-refractivity contribution in [3.8, 4) is 0 Å². The van der Waals surface area contributed by atoms with E-state index in [4.69, 9.17) is 11.5 Å². The van der Waals surface area contributed by atoms with Crippen LogP contribution >= 0.6 is 0 Å². The Bertz CT molecular complexity index is 176. The minimum absolute atomic E-state index is 0.257. The van der Waals surface area contributed by atoms with Crippen molar-refractivity contribution in [2.75, 3.05) is 7.11 Å². The zero-order valence-corrected chi connectivity index (χ0v) is 8.03. The Morgan fingerprint density at radius 3 is 2.38 bits per heavy atom. The van der Waals surface area contributed by atoms with Crippen LogP contribution in [0.15, 0.2) is 0 Å².